The normalized spacial score (nSPS) is 18.2. The number of hydrogen-bond donors (Lipinski definition) is 1. The van der Waals surface area contributed by atoms with Crippen LogP contribution in [0.25, 0.3) is 0 Å². The number of unbranched alkanes of at least 4 members (excludes halogenated alkanes) is 2. The average Bonchev–Trinajstić information content (AvgIpc) is 3.06. The molecule has 1 aliphatic rings. The van der Waals surface area contributed by atoms with Gasteiger partial charge in [-0.1, -0.05) is 30.3 Å². The number of benzene rings is 1. The van der Waals surface area contributed by atoms with Crippen molar-refractivity contribution in [3.63, 3.8) is 0 Å². The summed E-state index contributed by atoms with van der Waals surface area (Å²) in [5.74, 6) is 1.83. The molecular formula is C20H33N3O. The Hall–Kier alpha value is -1.55. The number of guanidine groups is 1. The fraction of sp³-hybridized carbons (Fsp3) is 0.650. The zero-order chi connectivity index (χ0) is 17.0. The molecule has 1 N–H and O–H groups in total. The van der Waals surface area contributed by atoms with E-state index in [-0.39, 0.29) is 0 Å². The molecule has 0 aliphatic carbocycles. The van der Waals surface area contributed by atoms with Crippen molar-refractivity contribution in [1.82, 2.24) is 10.2 Å². The standard InChI is InChI=1S/C20H33N3O/c1-3-21-20(22-13-8-5-9-15-24-2)23-14-12-19(17-23)16-18-10-6-4-7-11-18/h4,6-7,10-11,19H,3,5,8-9,12-17H2,1-2H3,(H,21,22). The van der Waals surface area contributed by atoms with Crippen molar-refractivity contribution in [3.05, 3.63) is 35.9 Å². The minimum Gasteiger partial charge on any atom is -0.385 e. The third-order valence-corrected chi connectivity index (χ3v) is 4.56. The molecule has 1 saturated heterocycles. The van der Waals surface area contributed by atoms with E-state index in [9.17, 15) is 0 Å². The van der Waals surface area contributed by atoms with Crippen LogP contribution in [0.15, 0.2) is 35.3 Å². The number of rotatable bonds is 9. The lowest BCUT2D eigenvalue weighted by Crippen LogP contribution is -2.40. The van der Waals surface area contributed by atoms with E-state index in [4.69, 9.17) is 9.73 Å². The van der Waals surface area contributed by atoms with Gasteiger partial charge in [-0.25, -0.2) is 0 Å². The van der Waals surface area contributed by atoms with Crippen molar-refractivity contribution in [1.29, 1.82) is 0 Å². The van der Waals surface area contributed by atoms with Crippen molar-refractivity contribution >= 4 is 5.96 Å². The summed E-state index contributed by atoms with van der Waals surface area (Å²) in [6.45, 7) is 7.08. The Labute approximate surface area is 147 Å². The maximum absolute atomic E-state index is 5.09. The maximum Gasteiger partial charge on any atom is 0.193 e. The van der Waals surface area contributed by atoms with Gasteiger partial charge in [-0.15, -0.1) is 0 Å². The summed E-state index contributed by atoms with van der Waals surface area (Å²) in [4.78, 5) is 7.26. The summed E-state index contributed by atoms with van der Waals surface area (Å²) in [5, 5.41) is 3.46. The molecular weight excluding hydrogens is 298 g/mol. The molecule has 0 amide bonds. The number of nitrogens with zero attached hydrogens (tertiary/aromatic N) is 2. The third kappa shape index (κ3) is 6.52. The lowest BCUT2D eigenvalue weighted by Gasteiger charge is -2.21. The molecule has 1 unspecified atom stereocenters. The summed E-state index contributed by atoms with van der Waals surface area (Å²) >= 11 is 0. The molecule has 0 radical (unpaired) electrons. The molecule has 0 spiro atoms. The number of likely N-dealkylation sites (tertiary alicyclic amines) is 1. The van der Waals surface area contributed by atoms with Crippen LogP contribution in [0.5, 0.6) is 0 Å². The van der Waals surface area contributed by atoms with Crippen LogP contribution in [0.4, 0.5) is 0 Å². The summed E-state index contributed by atoms with van der Waals surface area (Å²) in [7, 11) is 1.76. The average molecular weight is 332 g/mol. The van der Waals surface area contributed by atoms with Gasteiger partial charge in [-0.2, -0.15) is 0 Å². The third-order valence-electron chi connectivity index (χ3n) is 4.56. The van der Waals surface area contributed by atoms with Gasteiger partial charge in [-0.05, 0) is 50.5 Å². The summed E-state index contributed by atoms with van der Waals surface area (Å²) in [6.07, 6.45) is 5.89. The van der Waals surface area contributed by atoms with E-state index in [2.05, 4.69) is 47.5 Å². The van der Waals surface area contributed by atoms with E-state index in [0.717, 1.165) is 57.5 Å². The molecule has 0 bridgehead atoms. The van der Waals surface area contributed by atoms with Crippen molar-refractivity contribution in [3.8, 4) is 0 Å². The zero-order valence-electron chi connectivity index (χ0n) is 15.3. The maximum atomic E-state index is 5.09. The molecule has 1 aliphatic heterocycles. The van der Waals surface area contributed by atoms with Crippen molar-refractivity contribution in [2.75, 3.05) is 39.9 Å². The van der Waals surface area contributed by atoms with Gasteiger partial charge in [0.15, 0.2) is 5.96 Å². The molecule has 4 heteroatoms. The Kier molecular flexibility index (Phi) is 8.67. The predicted molar refractivity (Wildman–Crippen MR) is 102 cm³/mol. The first kappa shape index (κ1) is 18.8. The predicted octanol–water partition coefficient (Wildman–Crippen LogP) is 3.33. The molecule has 0 saturated carbocycles. The fourth-order valence-electron chi connectivity index (χ4n) is 3.28. The molecule has 0 aromatic heterocycles. The van der Waals surface area contributed by atoms with Crippen LogP contribution in [0.3, 0.4) is 0 Å². The number of methoxy groups -OCH3 is 1. The minimum atomic E-state index is 0.734. The second kappa shape index (κ2) is 11.1. The Morgan fingerprint density at radius 3 is 2.83 bits per heavy atom. The highest BCUT2D eigenvalue weighted by atomic mass is 16.5. The van der Waals surface area contributed by atoms with E-state index in [1.165, 1.54) is 24.8 Å². The summed E-state index contributed by atoms with van der Waals surface area (Å²) in [6, 6.07) is 10.8. The van der Waals surface area contributed by atoms with Crippen molar-refractivity contribution in [2.45, 2.75) is 39.0 Å². The number of ether oxygens (including phenoxy) is 1. The quantitative estimate of drug-likeness (QED) is 0.428. The topological polar surface area (TPSA) is 36.9 Å². The van der Waals surface area contributed by atoms with Gasteiger partial charge >= 0.3 is 0 Å². The van der Waals surface area contributed by atoms with Crippen LogP contribution in [-0.2, 0) is 11.2 Å². The molecule has 1 fully saturated rings. The zero-order valence-corrected chi connectivity index (χ0v) is 15.3. The molecule has 1 aromatic carbocycles. The van der Waals surface area contributed by atoms with Gasteiger partial charge < -0.3 is 15.0 Å². The second-order valence-corrected chi connectivity index (χ2v) is 6.58. The van der Waals surface area contributed by atoms with E-state index in [1.54, 1.807) is 7.11 Å². The number of nitrogens with one attached hydrogen (secondary N) is 1. The lowest BCUT2D eigenvalue weighted by atomic mass is 9.99. The highest BCUT2D eigenvalue weighted by Gasteiger charge is 2.24. The van der Waals surface area contributed by atoms with E-state index in [0.29, 0.717) is 0 Å². The smallest absolute Gasteiger partial charge is 0.193 e. The Morgan fingerprint density at radius 2 is 2.08 bits per heavy atom. The van der Waals surface area contributed by atoms with Crippen LogP contribution in [0.2, 0.25) is 0 Å². The van der Waals surface area contributed by atoms with Crippen molar-refractivity contribution < 1.29 is 4.74 Å². The van der Waals surface area contributed by atoms with Crippen LogP contribution in [0.1, 0.15) is 38.2 Å². The largest absolute Gasteiger partial charge is 0.385 e. The monoisotopic (exact) mass is 331 g/mol. The Bertz CT molecular complexity index is 475. The summed E-state index contributed by atoms with van der Waals surface area (Å²) in [5.41, 5.74) is 1.45. The fourth-order valence-corrected chi connectivity index (χ4v) is 3.28. The highest BCUT2D eigenvalue weighted by Crippen LogP contribution is 2.20. The Balaban J connectivity index is 1.78. The van der Waals surface area contributed by atoms with E-state index < -0.39 is 0 Å². The molecule has 2 rings (SSSR count). The van der Waals surface area contributed by atoms with Gasteiger partial charge in [0, 0.05) is 39.9 Å². The van der Waals surface area contributed by atoms with Gasteiger partial charge in [-0.3, -0.25) is 4.99 Å². The van der Waals surface area contributed by atoms with Gasteiger partial charge in [0.25, 0.3) is 0 Å². The first-order valence-corrected chi connectivity index (χ1v) is 9.39. The molecule has 24 heavy (non-hydrogen) atoms. The SMILES string of the molecule is CCNC(=NCCCCCOC)N1CCC(Cc2ccccc2)C1. The van der Waals surface area contributed by atoms with Crippen LogP contribution < -0.4 is 5.32 Å². The first-order chi connectivity index (χ1) is 11.8. The highest BCUT2D eigenvalue weighted by molar-refractivity contribution is 5.80. The van der Waals surface area contributed by atoms with Crippen LogP contribution >= 0.6 is 0 Å². The molecule has 1 aromatic rings. The summed E-state index contributed by atoms with van der Waals surface area (Å²) < 4.78 is 5.09. The molecule has 1 atom stereocenters. The first-order valence-electron chi connectivity index (χ1n) is 9.39. The van der Waals surface area contributed by atoms with Crippen molar-refractivity contribution in [2.24, 2.45) is 10.9 Å². The van der Waals surface area contributed by atoms with Crippen LogP contribution in [-0.4, -0.2) is 50.8 Å². The van der Waals surface area contributed by atoms with E-state index in [1.807, 2.05) is 0 Å². The van der Waals surface area contributed by atoms with Gasteiger partial charge in [0.1, 0.15) is 0 Å². The number of hydrogen-bond acceptors (Lipinski definition) is 2. The second-order valence-electron chi connectivity index (χ2n) is 6.58. The molecule has 1 heterocycles. The van der Waals surface area contributed by atoms with Crippen LogP contribution in [0, 0.1) is 5.92 Å². The lowest BCUT2D eigenvalue weighted by molar-refractivity contribution is 0.192. The molecule has 134 valence electrons. The van der Waals surface area contributed by atoms with Gasteiger partial charge in [0.2, 0.25) is 0 Å². The van der Waals surface area contributed by atoms with Gasteiger partial charge in [0.05, 0.1) is 0 Å². The number of aliphatic imine (C=N–C) groups is 1. The molecule has 4 nitrogen and oxygen atoms in total. The Morgan fingerprint density at radius 1 is 1.25 bits per heavy atom. The minimum absolute atomic E-state index is 0.734. The van der Waals surface area contributed by atoms with E-state index >= 15 is 0 Å².